The number of rotatable bonds is 22. The van der Waals surface area contributed by atoms with E-state index >= 15 is 0 Å². The highest BCUT2D eigenvalue weighted by molar-refractivity contribution is 6.36. The van der Waals surface area contributed by atoms with Gasteiger partial charge in [0.2, 0.25) is 5.78 Å². The predicted octanol–water partition coefficient (Wildman–Crippen LogP) is 8.14. The van der Waals surface area contributed by atoms with Gasteiger partial charge in [0, 0.05) is 30.1 Å². The molecule has 1 aromatic heterocycles. The van der Waals surface area contributed by atoms with Gasteiger partial charge in [-0.15, -0.1) is 0 Å². The first-order valence-corrected chi connectivity index (χ1v) is 14.7. The van der Waals surface area contributed by atoms with Crippen molar-refractivity contribution in [1.82, 2.24) is 10.3 Å². The number of aromatic amines is 1. The van der Waals surface area contributed by atoms with Gasteiger partial charge >= 0.3 is 0 Å². The van der Waals surface area contributed by atoms with E-state index in [4.69, 9.17) is 0 Å². The van der Waals surface area contributed by atoms with Crippen LogP contribution in [0.2, 0.25) is 0 Å². The van der Waals surface area contributed by atoms with Gasteiger partial charge in [-0.1, -0.05) is 110 Å². The fraction of sp³-hybridized carbons (Fsp3) is 0.677. The predicted molar refractivity (Wildman–Crippen MR) is 150 cm³/mol. The summed E-state index contributed by atoms with van der Waals surface area (Å²) in [5.41, 5.74) is 1.86. The molecule has 0 aliphatic heterocycles. The molecule has 1 amide bonds. The van der Waals surface area contributed by atoms with Gasteiger partial charge in [-0.2, -0.15) is 0 Å². The minimum atomic E-state index is -0.478. The Bertz CT molecular complexity index is 874. The lowest BCUT2D eigenvalue weighted by Gasteiger charge is -2.05. The first-order valence-electron chi connectivity index (χ1n) is 14.7. The summed E-state index contributed by atoms with van der Waals surface area (Å²) >= 11 is 0. The Morgan fingerprint density at radius 3 is 1.86 bits per heavy atom. The summed E-state index contributed by atoms with van der Waals surface area (Å²) in [6, 6.07) is 5.12. The van der Waals surface area contributed by atoms with E-state index in [1.165, 1.54) is 96.3 Å². The number of fused-ring (bicyclic) bond motifs is 1. The molecule has 0 radical (unpaired) electrons. The molecular weight excluding hydrogens is 448 g/mol. The number of nitrogens with one attached hydrogen (secondary N) is 2. The highest BCUT2D eigenvalue weighted by atomic mass is 16.3. The number of Topliss-reactive ketones (excluding diaryl/α,β-unsaturated/α-hetero) is 1. The van der Waals surface area contributed by atoms with Crippen LogP contribution in [0.5, 0.6) is 5.75 Å². The summed E-state index contributed by atoms with van der Waals surface area (Å²) in [5.74, 6) is -0.660. The van der Waals surface area contributed by atoms with Crippen molar-refractivity contribution in [3.63, 3.8) is 0 Å². The number of carbonyl (C=O) groups excluding carboxylic acids is 2. The second kappa shape index (κ2) is 18.9. The van der Waals surface area contributed by atoms with Gasteiger partial charge in [0.25, 0.3) is 5.91 Å². The largest absolute Gasteiger partial charge is 0.508 e. The average Bonchev–Trinajstić information content (AvgIpc) is 3.28. The Balaban J connectivity index is 1.37. The Hall–Kier alpha value is -2.30. The van der Waals surface area contributed by atoms with Gasteiger partial charge in [-0.05, 0) is 36.6 Å². The Morgan fingerprint density at radius 1 is 0.778 bits per heavy atom. The van der Waals surface area contributed by atoms with Gasteiger partial charge in [0.1, 0.15) is 5.75 Å². The number of aromatic hydroxyl groups is 1. The highest BCUT2D eigenvalue weighted by Gasteiger charge is 2.14. The first kappa shape index (κ1) is 29.9. The molecule has 0 aliphatic carbocycles. The molecule has 0 spiro atoms. The normalized spacial score (nSPS) is 11.2. The van der Waals surface area contributed by atoms with E-state index in [1.54, 1.807) is 18.2 Å². The maximum absolute atomic E-state index is 12.2. The number of ketones is 1. The molecule has 0 atom stereocenters. The maximum atomic E-state index is 12.2. The van der Waals surface area contributed by atoms with Gasteiger partial charge in [-0.25, -0.2) is 0 Å². The van der Waals surface area contributed by atoms with Crippen molar-refractivity contribution >= 4 is 22.6 Å². The number of phenols is 1. The third-order valence-electron chi connectivity index (χ3n) is 7.19. The van der Waals surface area contributed by atoms with E-state index < -0.39 is 5.91 Å². The lowest BCUT2D eigenvalue weighted by atomic mass is 10.0. The number of H-pyrrole nitrogens is 1. The van der Waals surface area contributed by atoms with Crippen molar-refractivity contribution in [2.75, 3.05) is 6.54 Å². The van der Waals surface area contributed by atoms with Crippen molar-refractivity contribution in [3.8, 4) is 5.75 Å². The second-order valence-electron chi connectivity index (χ2n) is 10.4. The van der Waals surface area contributed by atoms with E-state index in [9.17, 15) is 14.7 Å². The van der Waals surface area contributed by atoms with Crippen LogP contribution in [0.4, 0.5) is 0 Å². The van der Waals surface area contributed by atoms with E-state index in [-0.39, 0.29) is 18.0 Å². The standard InChI is InChI=1S/C31H50N2O3/c1-2-3-4-5-6-7-8-9-10-11-12-13-14-15-16-17-18-23-32-31(36)30(35)22-19-26-25-33-29-21-20-27(34)24-28(26)29/h20-21,24-25,33-34H,2-19,22-23H2,1H3,(H,32,36). The molecular formula is C31H50N2O3. The number of amides is 1. The lowest BCUT2D eigenvalue weighted by molar-refractivity contribution is -0.137. The molecule has 3 N–H and O–H groups in total. The van der Waals surface area contributed by atoms with Gasteiger partial charge in [-0.3, -0.25) is 9.59 Å². The molecule has 5 nitrogen and oxygen atoms in total. The van der Waals surface area contributed by atoms with Crippen LogP contribution in [0, 0.1) is 0 Å². The highest BCUT2D eigenvalue weighted by Crippen LogP contribution is 2.24. The summed E-state index contributed by atoms with van der Waals surface area (Å²) in [6.45, 7) is 2.85. The zero-order valence-electron chi connectivity index (χ0n) is 22.7. The van der Waals surface area contributed by atoms with E-state index in [2.05, 4.69) is 17.2 Å². The number of carbonyl (C=O) groups is 2. The molecule has 0 unspecified atom stereocenters. The van der Waals surface area contributed by atoms with Gasteiger partial charge < -0.3 is 15.4 Å². The van der Waals surface area contributed by atoms with Gasteiger partial charge in [0.15, 0.2) is 0 Å². The van der Waals surface area contributed by atoms with E-state index in [1.807, 2.05) is 6.20 Å². The molecule has 202 valence electrons. The number of hydrogen-bond donors (Lipinski definition) is 3. The van der Waals surface area contributed by atoms with Crippen molar-refractivity contribution < 1.29 is 14.7 Å². The molecule has 5 heteroatoms. The van der Waals surface area contributed by atoms with Crippen molar-refractivity contribution in [2.24, 2.45) is 0 Å². The zero-order valence-corrected chi connectivity index (χ0v) is 22.7. The number of benzene rings is 1. The molecule has 36 heavy (non-hydrogen) atoms. The summed E-state index contributed by atoms with van der Waals surface area (Å²) in [7, 11) is 0. The monoisotopic (exact) mass is 498 g/mol. The third kappa shape index (κ3) is 12.6. The van der Waals surface area contributed by atoms with Crippen molar-refractivity contribution in [1.29, 1.82) is 0 Å². The summed E-state index contributed by atoms with van der Waals surface area (Å²) in [5, 5.41) is 13.3. The third-order valence-corrected chi connectivity index (χ3v) is 7.19. The van der Waals surface area contributed by atoms with Crippen LogP contribution in [0.25, 0.3) is 10.9 Å². The second-order valence-corrected chi connectivity index (χ2v) is 10.4. The Morgan fingerprint density at radius 2 is 1.31 bits per heavy atom. The topological polar surface area (TPSA) is 82.2 Å². The quantitative estimate of drug-likeness (QED) is 0.113. The molecule has 1 heterocycles. The summed E-state index contributed by atoms with van der Waals surface area (Å²) < 4.78 is 0. The minimum absolute atomic E-state index is 0.174. The first-order chi connectivity index (χ1) is 17.6. The van der Waals surface area contributed by atoms with Crippen LogP contribution in [0.3, 0.4) is 0 Å². The molecule has 0 saturated carbocycles. The minimum Gasteiger partial charge on any atom is -0.508 e. The number of aryl methyl sites for hydroxylation is 1. The summed E-state index contributed by atoms with van der Waals surface area (Å²) in [6.07, 6.45) is 25.1. The van der Waals surface area contributed by atoms with Crippen LogP contribution < -0.4 is 5.32 Å². The van der Waals surface area contributed by atoms with Crippen LogP contribution in [-0.4, -0.2) is 28.3 Å². The SMILES string of the molecule is CCCCCCCCCCCCCCCCCCCNC(=O)C(=O)CCc1c[nH]c2ccc(O)cc12. The maximum Gasteiger partial charge on any atom is 0.287 e. The van der Waals surface area contributed by atoms with Gasteiger partial charge in [0.05, 0.1) is 0 Å². The fourth-order valence-electron chi connectivity index (χ4n) is 4.89. The zero-order chi connectivity index (χ0) is 25.8. The number of hydrogen-bond acceptors (Lipinski definition) is 3. The number of aromatic nitrogens is 1. The summed E-state index contributed by atoms with van der Waals surface area (Å²) in [4.78, 5) is 27.4. The molecule has 0 aliphatic rings. The van der Waals surface area contributed by atoms with Crippen LogP contribution in [-0.2, 0) is 16.0 Å². The molecule has 2 aromatic rings. The van der Waals surface area contributed by atoms with Crippen LogP contribution in [0.15, 0.2) is 24.4 Å². The van der Waals surface area contributed by atoms with E-state index in [0.29, 0.717) is 13.0 Å². The molecule has 1 aromatic carbocycles. The van der Waals surface area contributed by atoms with Crippen molar-refractivity contribution in [3.05, 3.63) is 30.0 Å². The Labute approximate surface area is 218 Å². The molecule has 0 bridgehead atoms. The van der Waals surface area contributed by atoms with Crippen molar-refractivity contribution in [2.45, 2.75) is 129 Å². The van der Waals surface area contributed by atoms with Crippen LogP contribution >= 0.6 is 0 Å². The van der Waals surface area contributed by atoms with Crippen LogP contribution in [0.1, 0.15) is 128 Å². The average molecular weight is 499 g/mol. The Kier molecular flexibility index (Phi) is 15.7. The smallest absolute Gasteiger partial charge is 0.287 e. The molecule has 0 saturated heterocycles. The number of unbranched alkanes of at least 4 members (excludes halogenated alkanes) is 16. The molecule has 2 rings (SSSR count). The van der Waals surface area contributed by atoms with E-state index in [0.717, 1.165) is 29.3 Å². The number of phenolic OH excluding ortho intramolecular Hbond substituents is 1. The lowest BCUT2D eigenvalue weighted by Crippen LogP contribution is -2.31. The molecule has 0 fully saturated rings. The fourth-order valence-corrected chi connectivity index (χ4v) is 4.89.